The molecule has 0 saturated heterocycles. The largest absolute Gasteiger partial charge is 0.495 e. The molecular formula is C13H11Cl2NO3S. The molecule has 0 saturated carbocycles. The van der Waals surface area contributed by atoms with E-state index in [1.165, 1.54) is 19.2 Å². The Morgan fingerprint density at radius 2 is 1.80 bits per heavy atom. The summed E-state index contributed by atoms with van der Waals surface area (Å²) in [5.41, 5.74) is 0.288. The average molecular weight is 332 g/mol. The van der Waals surface area contributed by atoms with Gasteiger partial charge in [0.15, 0.2) is 0 Å². The van der Waals surface area contributed by atoms with Gasteiger partial charge in [-0.25, -0.2) is 8.42 Å². The first kappa shape index (κ1) is 15.0. The number of para-hydroxylation sites is 1. The van der Waals surface area contributed by atoms with E-state index in [0.717, 1.165) is 0 Å². The van der Waals surface area contributed by atoms with Crippen molar-refractivity contribution in [3.8, 4) is 5.75 Å². The van der Waals surface area contributed by atoms with Crippen LogP contribution in [0.1, 0.15) is 0 Å². The molecule has 0 fully saturated rings. The highest BCUT2D eigenvalue weighted by atomic mass is 35.5. The average Bonchev–Trinajstić information content (AvgIpc) is 2.41. The van der Waals surface area contributed by atoms with Gasteiger partial charge in [-0.05, 0) is 30.3 Å². The second-order valence-corrected chi connectivity index (χ2v) is 6.37. The van der Waals surface area contributed by atoms with E-state index in [4.69, 9.17) is 27.9 Å². The summed E-state index contributed by atoms with van der Waals surface area (Å²) in [6.07, 6.45) is 0. The quantitative estimate of drug-likeness (QED) is 0.926. The molecule has 0 aliphatic heterocycles. The number of sulfonamides is 1. The van der Waals surface area contributed by atoms with Crippen molar-refractivity contribution in [2.45, 2.75) is 4.90 Å². The van der Waals surface area contributed by atoms with Crippen molar-refractivity contribution in [3.05, 3.63) is 52.5 Å². The third-order valence-corrected chi connectivity index (χ3v) is 4.48. The molecule has 2 aromatic carbocycles. The first-order chi connectivity index (χ1) is 9.44. The van der Waals surface area contributed by atoms with E-state index in [9.17, 15) is 8.42 Å². The first-order valence-electron chi connectivity index (χ1n) is 5.55. The van der Waals surface area contributed by atoms with Gasteiger partial charge >= 0.3 is 0 Å². The number of rotatable bonds is 4. The van der Waals surface area contributed by atoms with Crippen molar-refractivity contribution in [1.29, 1.82) is 0 Å². The van der Waals surface area contributed by atoms with Crippen LogP contribution >= 0.6 is 23.2 Å². The number of halogens is 2. The fourth-order valence-corrected chi connectivity index (χ4v) is 3.36. The molecule has 0 aliphatic carbocycles. The summed E-state index contributed by atoms with van der Waals surface area (Å²) in [6, 6.07) is 10.9. The number of methoxy groups -OCH3 is 1. The van der Waals surface area contributed by atoms with Crippen LogP contribution in [0.4, 0.5) is 5.69 Å². The van der Waals surface area contributed by atoms with Crippen LogP contribution in [-0.4, -0.2) is 15.5 Å². The van der Waals surface area contributed by atoms with E-state index in [-0.39, 0.29) is 16.3 Å². The zero-order valence-electron chi connectivity index (χ0n) is 10.4. The molecule has 0 amide bonds. The van der Waals surface area contributed by atoms with Gasteiger partial charge < -0.3 is 4.74 Å². The summed E-state index contributed by atoms with van der Waals surface area (Å²) in [4.78, 5) is -0.0487. The number of nitrogens with one attached hydrogen (secondary N) is 1. The van der Waals surface area contributed by atoms with Crippen LogP contribution in [0.5, 0.6) is 5.75 Å². The molecule has 0 radical (unpaired) electrons. The molecule has 20 heavy (non-hydrogen) atoms. The topological polar surface area (TPSA) is 55.4 Å². The van der Waals surface area contributed by atoms with Crippen LogP contribution < -0.4 is 9.46 Å². The van der Waals surface area contributed by atoms with Gasteiger partial charge in [0.2, 0.25) is 0 Å². The van der Waals surface area contributed by atoms with Crippen LogP contribution in [0.25, 0.3) is 0 Å². The molecule has 0 aliphatic rings. The Kier molecular flexibility index (Phi) is 4.42. The van der Waals surface area contributed by atoms with Crippen LogP contribution in [0.15, 0.2) is 47.4 Å². The smallest absolute Gasteiger partial charge is 0.265 e. The van der Waals surface area contributed by atoms with E-state index in [0.29, 0.717) is 10.0 Å². The monoisotopic (exact) mass is 331 g/mol. The Hall–Kier alpha value is -1.43. The van der Waals surface area contributed by atoms with Gasteiger partial charge in [-0.2, -0.15) is 0 Å². The molecule has 0 atom stereocenters. The van der Waals surface area contributed by atoms with Crippen LogP contribution in [0.2, 0.25) is 10.0 Å². The van der Waals surface area contributed by atoms with Gasteiger partial charge in [0, 0.05) is 5.02 Å². The van der Waals surface area contributed by atoms with E-state index in [1.807, 2.05) is 0 Å². The van der Waals surface area contributed by atoms with Gasteiger partial charge in [0.05, 0.1) is 17.8 Å². The SMILES string of the molecule is COc1ccc(Cl)cc1S(=O)(=O)Nc1ccccc1Cl. The number of ether oxygens (including phenoxy) is 1. The number of anilines is 1. The highest BCUT2D eigenvalue weighted by Crippen LogP contribution is 2.30. The number of hydrogen-bond acceptors (Lipinski definition) is 3. The minimum absolute atomic E-state index is 0.0487. The highest BCUT2D eigenvalue weighted by molar-refractivity contribution is 7.92. The molecule has 0 spiro atoms. The maximum atomic E-state index is 12.4. The highest BCUT2D eigenvalue weighted by Gasteiger charge is 2.21. The summed E-state index contributed by atoms with van der Waals surface area (Å²) < 4.78 is 32.2. The van der Waals surface area contributed by atoms with E-state index in [1.54, 1.807) is 30.3 Å². The van der Waals surface area contributed by atoms with Crippen molar-refractivity contribution in [1.82, 2.24) is 0 Å². The summed E-state index contributed by atoms with van der Waals surface area (Å²) in [5, 5.41) is 0.599. The lowest BCUT2D eigenvalue weighted by Gasteiger charge is -2.12. The Morgan fingerprint density at radius 1 is 1.10 bits per heavy atom. The molecule has 0 aromatic heterocycles. The van der Waals surface area contributed by atoms with Gasteiger partial charge in [0.1, 0.15) is 10.6 Å². The Balaban J connectivity index is 2.46. The third-order valence-electron chi connectivity index (χ3n) is 2.53. The summed E-state index contributed by atoms with van der Waals surface area (Å²) in [5.74, 6) is 0.203. The van der Waals surface area contributed by atoms with Crippen molar-refractivity contribution in [3.63, 3.8) is 0 Å². The summed E-state index contributed by atoms with van der Waals surface area (Å²) in [7, 11) is -2.46. The minimum Gasteiger partial charge on any atom is -0.495 e. The zero-order chi connectivity index (χ0) is 14.8. The van der Waals surface area contributed by atoms with Crippen LogP contribution in [0.3, 0.4) is 0 Å². The fourth-order valence-electron chi connectivity index (χ4n) is 1.60. The summed E-state index contributed by atoms with van der Waals surface area (Å²) >= 11 is 11.8. The zero-order valence-corrected chi connectivity index (χ0v) is 12.8. The van der Waals surface area contributed by atoms with Crippen molar-refractivity contribution >= 4 is 38.9 Å². The fraction of sp³-hybridized carbons (Fsp3) is 0.0769. The molecular weight excluding hydrogens is 321 g/mol. The van der Waals surface area contributed by atoms with Crippen LogP contribution in [-0.2, 0) is 10.0 Å². The Morgan fingerprint density at radius 3 is 2.45 bits per heavy atom. The molecule has 0 heterocycles. The molecule has 0 unspecified atom stereocenters. The molecule has 4 nitrogen and oxygen atoms in total. The lowest BCUT2D eigenvalue weighted by atomic mass is 10.3. The van der Waals surface area contributed by atoms with E-state index < -0.39 is 10.0 Å². The Labute approximate surface area is 127 Å². The van der Waals surface area contributed by atoms with Gasteiger partial charge in [-0.1, -0.05) is 35.3 Å². The van der Waals surface area contributed by atoms with Gasteiger partial charge in [-0.15, -0.1) is 0 Å². The molecule has 7 heteroatoms. The van der Waals surface area contributed by atoms with Crippen molar-refractivity contribution in [2.24, 2.45) is 0 Å². The lowest BCUT2D eigenvalue weighted by Crippen LogP contribution is -2.14. The molecule has 1 N–H and O–H groups in total. The molecule has 106 valence electrons. The van der Waals surface area contributed by atoms with Gasteiger partial charge in [-0.3, -0.25) is 4.72 Å². The predicted octanol–water partition coefficient (Wildman–Crippen LogP) is 3.80. The standard InChI is InChI=1S/C13H11Cl2NO3S/c1-19-12-7-6-9(14)8-13(12)20(17,18)16-11-5-3-2-4-10(11)15/h2-8,16H,1H3. The second kappa shape index (κ2) is 5.91. The molecule has 2 rings (SSSR count). The molecule has 0 bridgehead atoms. The lowest BCUT2D eigenvalue weighted by molar-refractivity contribution is 0.403. The van der Waals surface area contributed by atoms with Gasteiger partial charge in [0.25, 0.3) is 10.0 Å². The molecule has 2 aromatic rings. The first-order valence-corrected chi connectivity index (χ1v) is 7.79. The van der Waals surface area contributed by atoms with Crippen molar-refractivity contribution in [2.75, 3.05) is 11.8 Å². The van der Waals surface area contributed by atoms with Crippen LogP contribution in [0, 0.1) is 0 Å². The van der Waals surface area contributed by atoms with E-state index in [2.05, 4.69) is 4.72 Å². The number of benzene rings is 2. The maximum Gasteiger partial charge on any atom is 0.265 e. The second-order valence-electron chi connectivity index (χ2n) is 3.88. The maximum absolute atomic E-state index is 12.4. The normalized spacial score (nSPS) is 11.2. The summed E-state index contributed by atoms with van der Waals surface area (Å²) in [6.45, 7) is 0. The van der Waals surface area contributed by atoms with Crippen molar-refractivity contribution < 1.29 is 13.2 Å². The minimum atomic E-state index is -3.84. The third kappa shape index (κ3) is 3.17. The van der Waals surface area contributed by atoms with E-state index >= 15 is 0 Å². The predicted molar refractivity (Wildman–Crippen MR) is 80.3 cm³/mol. The Bertz CT molecular complexity index is 732. The number of hydrogen-bond donors (Lipinski definition) is 1.